The van der Waals surface area contributed by atoms with Crippen molar-refractivity contribution >= 4 is 40.3 Å². The second-order valence-electron chi connectivity index (χ2n) is 9.68. The van der Waals surface area contributed by atoms with Gasteiger partial charge in [-0.3, -0.25) is 9.59 Å². The van der Waals surface area contributed by atoms with Gasteiger partial charge in [0.1, 0.15) is 23.2 Å². The number of aryl methyl sites for hydroxylation is 1. The van der Waals surface area contributed by atoms with Crippen molar-refractivity contribution in [3.05, 3.63) is 69.9 Å². The first kappa shape index (κ1) is 26.6. The van der Waals surface area contributed by atoms with Crippen LogP contribution in [0.2, 0.25) is 5.02 Å². The molecule has 4 N–H and O–H groups in total. The van der Waals surface area contributed by atoms with Crippen molar-refractivity contribution in [3.8, 4) is 0 Å². The van der Waals surface area contributed by atoms with Crippen LogP contribution in [-0.2, 0) is 33.6 Å². The van der Waals surface area contributed by atoms with Crippen LogP contribution >= 0.6 is 11.6 Å². The Morgan fingerprint density at radius 2 is 1.86 bits per heavy atom. The summed E-state index contributed by atoms with van der Waals surface area (Å²) >= 11 is 6.19. The van der Waals surface area contributed by atoms with E-state index in [1.807, 2.05) is 6.92 Å². The molecule has 1 aromatic heterocycles. The van der Waals surface area contributed by atoms with E-state index in [1.54, 1.807) is 6.92 Å². The average Bonchev–Trinajstić information content (AvgIpc) is 3.21. The molecule has 7 nitrogen and oxygen atoms in total. The average molecular weight is 532 g/mol. The number of fused-ring (bicyclic) bond motifs is 3. The molecule has 0 bridgehead atoms. The van der Waals surface area contributed by atoms with Crippen molar-refractivity contribution in [3.63, 3.8) is 0 Å². The van der Waals surface area contributed by atoms with E-state index >= 15 is 0 Å². The molecule has 10 heteroatoms. The van der Waals surface area contributed by atoms with Crippen LogP contribution in [0, 0.1) is 17.6 Å². The highest BCUT2D eigenvalue weighted by Crippen LogP contribution is 2.37. The third-order valence-electron chi connectivity index (χ3n) is 7.16. The number of halogens is 3. The van der Waals surface area contributed by atoms with E-state index in [-0.39, 0.29) is 30.2 Å². The molecule has 0 fully saturated rings. The summed E-state index contributed by atoms with van der Waals surface area (Å²) in [6, 6.07) is 6.98. The molecule has 2 aromatic carbocycles. The van der Waals surface area contributed by atoms with Gasteiger partial charge in [0.25, 0.3) is 0 Å². The minimum absolute atomic E-state index is 0.0599. The summed E-state index contributed by atoms with van der Waals surface area (Å²) in [5.41, 5.74) is 0.789. The van der Waals surface area contributed by atoms with Gasteiger partial charge in [-0.15, -0.1) is 0 Å². The Morgan fingerprint density at radius 1 is 1.16 bits per heavy atom. The fourth-order valence-corrected chi connectivity index (χ4v) is 5.10. The third-order valence-corrected chi connectivity index (χ3v) is 7.46. The highest BCUT2D eigenvalue weighted by Gasteiger charge is 2.45. The first-order valence-corrected chi connectivity index (χ1v) is 12.5. The summed E-state index contributed by atoms with van der Waals surface area (Å²) in [4.78, 5) is 41.9. The highest BCUT2D eigenvalue weighted by atomic mass is 35.5. The number of rotatable bonds is 8. The molecule has 1 aliphatic carbocycles. The Hall–Kier alpha value is -3.46. The van der Waals surface area contributed by atoms with Gasteiger partial charge in [0.05, 0.1) is 17.0 Å². The van der Waals surface area contributed by atoms with Crippen LogP contribution in [-0.4, -0.2) is 39.5 Å². The molecule has 0 saturated carbocycles. The molecule has 0 spiro atoms. The van der Waals surface area contributed by atoms with E-state index < -0.39 is 41.0 Å². The van der Waals surface area contributed by atoms with Gasteiger partial charge in [-0.25, -0.2) is 13.6 Å². The second-order valence-corrected chi connectivity index (χ2v) is 10.1. The Bertz CT molecular complexity index is 1360. The number of H-pyrrole nitrogens is 1. The van der Waals surface area contributed by atoms with Crippen LogP contribution in [0.25, 0.3) is 10.9 Å². The second kappa shape index (κ2) is 10.5. The molecular weight excluding hydrogens is 504 g/mol. The highest BCUT2D eigenvalue weighted by molar-refractivity contribution is 6.35. The molecule has 0 radical (unpaired) electrons. The molecular formula is C27H28ClF2N3O4. The maximum Gasteiger partial charge on any atom is 0.329 e. The van der Waals surface area contributed by atoms with E-state index in [1.165, 1.54) is 36.4 Å². The summed E-state index contributed by atoms with van der Waals surface area (Å²) in [6.45, 7) is 3.65. The maximum atomic E-state index is 14.1. The largest absolute Gasteiger partial charge is 0.479 e. The van der Waals surface area contributed by atoms with Gasteiger partial charge in [-0.05, 0) is 54.2 Å². The number of benzene rings is 2. The molecule has 1 heterocycles. The number of carbonyl (C=O) groups is 3. The van der Waals surface area contributed by atoms with Crippen molar-refractivity contribution in [1.82, 2.24) is 15.6 Å². The number of hydrogen-bond acceptors (Lipinski definition) is 3. The normalized spacial score (nSPS) is 18.6. The van der Waals surface area contributed by atoms with Crippen molar-refractivity contribution in [1.29, 1.82) is 0 Å². The summed E-state index contributed by atoms with van der Waals surface area (Å²) in [5.74, 6) is -3.53. The van der Waals surface area contributed by atoms with Gasteiger partial charge in [0.2, 0.25) is 11.8 Å². The zero-order valence-electron chi connectivity index (χ0n) is 20.5. The van der Waals surface area contributed by atoms with Crippen LogP contribution in [0.15, 0.2) is 36.4 Å². The van der Waals surface area contributed by atoms with E-state index in [4.69, 9.17) is 11.6 Å². The Balaban J connectivity index is 1.57. The molecule has 0 aliphatic heterocycles. The van der Waals surface area contributed by atoms with E-state index in [0.29, 0.717) is 34.9 Å². The number of aromatic amines is 1. The minimum Gasteiger partial charge on any atom is -0.479 e. The molecule has 3 aromatic rings. The summed E-state index contributed by atoms with van der Waals surface area (Å²) < 4.78 is 27.3. The van der Waals surface area contributed by atoms with Gasteiger partial charge in [-0.1, -0.05) is 44.0 Å². The lowest BCUT2D eigenvalue weighted by molar-refractivity contribution is -0.149. The Kier molecular flexibility index (Phi) is 7.54. The number of carboxylic acid groups (broad SMARTS) is 1. The summed E-state index contributed by atoms with van der Waals surface area (Å²) in [7, 11) is 0. The Labute approximate surface area is 217 Å². The lowest BCUT2D eigenvalue weighted by Gasteiger charge is -2.36. The van der Waals surface area contributed by atoms with E-state index in [0.717, 1.165) is 5.69 Å². The van der Waals surface area contributed by atoms with Crippen LogP contribution in [0.4, 0.5) is 8.78 Å². The molecule has 37 heavy (non-hydrogen) atoms. The van der Waals surface area contributed by atoms with Crippen LogP contribution in [0.5, 0.6) is 0 Å². The number of hydrogen-bond donors (Lipinski definition) is 4. The minimum atomic E-state index is -1.65. The molecule has 3 atom stereocenters. The Morgan fingerprint density at radius 3 is 2.51 bits per heavy atom. The third kappa shape index (κ3) is 5.46. The summed E-state index contributed by atoms with van der Waals surface area (Å²) in [6.07, 6.45) is 0.832. The first-order chi connectivity index (χ1) is 17.5. The lowest BCUT2D eigenvalue weighted by Crippen LogP contribution is -2.62. The number of aromatic nitrogens is 1. The van der Waals surface area contributed by atoms with Gasteiger partial charge in [-0.2, -0.15) is 0 Å². The van der Waals surface area contributed by atoms with Crippen LogP contribution < -0.4 is 10.6 Å². The van der Waals surface area contributed by atoms with Gasteiger partial charge >= 0.3 is 5.97 Å². The molecule has 0 saturated heterocycles. The number of amides is 2. The molecule has 196 valence electrons. The number of aliphatic carboxylic acids is 1. The standard InChI is InChI=1S/C27H28ClF2N3O4/c1-3-14(2)23(32-22(34)10-15-4-6-16(29)7-5-15)25(35)33-27(26(36)37)9-8-21-19(13-27)18-11-17(30)12-20(28)24(18)31-21/h4-7,11-12,14,23,31H,3,8-10,13H2,1-2H3,(H,32,34)(H,33,35)(H,36,37)/t14?,23-,27+/m0/s1. The SMILES string of the molecule is CCC(C)[C@H](NC(=O)Cc1ccc(F)cc1)C(=O)N[C@]1(C(=O)O)CCc2[nH]c3c(Cl)cc(F)cc3c2C1. The summed E-state index contributed by atoms with van der Waals surface area (Å²) in [5, 5.41) is 16.3. The monoisotopic (exact) mass is 531 g/mol. The van der Waals surface area contributed by atoms with Crippen molar-refractivity contribution in [2.24, 2.45) is 5.92 Å². The van der Waals surface area contributed by atoms with Crippen molar-refractivity contribution < 1.29 is 28.3 Å². The predicted molar refractivity (Wildman–Crippen MR) is 135 cm³/mol. The smallest absolute Gasteiger partial charge is 0.329 e. The molecule has 4 rings (SSSR count). The fraction of sp³-hybridized carbons (Fsp3) is 0.370. The maximum absolute atomic E-state index is 14.1. The van der Waals surface area contributed by atoms with E-state index in [2.05, 4.69) is 15.6 Å². The van der Waals surface area contributed by atoms with Gasteiger partial charge < -0.3 is 20.7 Å². The van der Waals surface area contributed by atoms with Gasteiger partial charge in [0, 0.05) is 17.5 Å². The van der Waals surface area contributed by atoms with Crippen LogP contribution in [0.3, 0.4) is 0 Å². The molecule has 1 aliphatic rings. The first-order valence-electron chi connectivity index (χ1n) is 12.1. The van der Waals surface area contributed by atoms with Crippen molar-refractivity contribution in [2.45, 2.75) is 57.5 Å². The zero-order valence-corrected chi connectivity index (χ0v) is 21.2. The van der Waals surface area contributed by atoms with E-state index in [9.17, 15) is 28.3 Å². The van der Waals surface area contributed by atoms with Gasteiger partial charge in [0.15, 0.2) is 0 Å². The zero-order chi connectivity index (χ0) is 26.9. The number of carboxylic acids is 1. The lowest BCUT2D eigenvalue weighted by atomic mass is 9.79. The topological polar surface area (TPSA) is 111 Å². The number of nitrogens with one attached hydrogen (secondary N) is 3. The molecule has 1 unspecified atom stereocenters. The van der Waals surface area contributed by atoms with Crippen LogP contribution in [0.1, 0.15) is 43.5 Å². The molecule has 2 amide bonds. The fourth-order valence-electron chi connectivity index (χ4n) is 4.84. The number of carbonyl (C=O) groups excluding carboxylic acids is 2. The quantitative estimate of drug-likeness (QED) is 0.347. The predicted octanol–water partition coefficient (Wildman–Crippen LogP) is 4.30. The van der Waals surface area contributed by atoms with Crippen molar-refractivity contribution in [2.75, 3.05) is 0 Å².